The van der Waals surface area contributed by atoms with Gasteiger partial charge in [-0.3, -0.25) is 0 Å². The highest BCUT2D eigenvalue weighted by Gasteiger charge is 2.26. The van der Waals surface area contributed by atoms with Crippen LogP contribution in [0.15, 0.2) is 61.2 Å². The van der Waals surface area contributed by atoms with Crippen LogP contribution in [0.2, 0.25) is 5.02 Å². The van der Waals surface area contributed by atoms with E-state index in [4.69, 9.17) is 11.6 Å². The molecule has 1 unspecified atom stereocenters. The molecule has 1 aliphatic rings. The topological polar surface area (TPSA) is 50.2 Å². The number of nitrogens with zero attached hydrogens (tertiary/aromatic N) is 3. The number of carbonyl (C=O) groups is 1. The maximum Gasteiger partial charge on any atom is 0.322 e. The number of imidazole rings is 1. The first-order valence-electron chi connectivity index (χ1n) is 8.96. The Balaban J connectivity index is 1.76. The Kier molecular flexibility index (Phi) is 4.62. The number of hydrogen-bond donors (Lipinski definition) is 1. The van der Waals surface area contributed by atoms with E-state index in [2.05, 4.69) is 34.6 Å². The van der Waals surface area contributed by atoms with Crippen molar-refractivity contribution >= 4 is 23.3 Å². The summed E-state index contributed by atoms with van der Waals surface area (Å²) in [6.07, 6.45) is 5.49. The van der Waals surface area contributed by atoms with Crippen LogP contribution < -0.4 is 5.32 Å². The lowest BCUT2D eigenvalue weighted by atomic mass is 9.95. The number of carbonyl (C=O) groups excluding carboxylic acids is 1. The second-order valence-corrected chi connectivity index (χ2v) is 7.47. The lowest BCUT2D eigenvalue weighted by molar-refractivity contribution is 0.191. The maximum atomic E-state index is 12.4. The molecule has 2 aromatic carbocycles. The molecule has 0 spiro atoms. The van der Waals surface area contributed by atoms with Crippen LogP contribution in [0.5, 0.6) is 0 Å². The summed E-state index contributed by atoms with van der Waals surface area (Å²) in [7, 11) is 0. The lowest BCUT2D eigenvalue weighted by Gasteiger charge is -2.33. The smallest absolute Gasteiger partial charge is 0.322 e. The van der Waals surface area contributed by atoms with Gasteiger partial charge in [0.25, 0.3) is 0 Å². The van der Waals surface area contributed by atoms with Gasteiger partial charge in [-0.2, -0.15) is 0 Å². The van der Waals surface area contributed by atoms with Crippen molar-refractivity contribution in [2.75, 3.05) is 5.32 Å². The van der Waals surface area contributed by atoms with E-state index >= 15 is 0 Å². The fourth-order valence-electron chi connectivity index (χ4n) is 3.51. The van der Waals surface area contributed by atoms with Crippen molar-refractivity contribution in [3.05, 3.63) is 82.9 Å². The number of benzene rings is 2. The molecule has 1 N–H and O–H groups in total. The standard InChI is InChI=1S/C21H21ClN4O/c1-14(2)26-12-17-7-6-16(11-19(17)24-21(26)27)20(25-9-8-23-13-25)15-4-3-5-18(22)10-15/h3-11,13-14,20H,12H2,1-2H3,(H,24,27). The first-order valence-corrected chi connectivity index (χ1v) is 9.34. The zero-order chi connectivity index (χ0) is 19.0. The maximum absolute atomic E-state index is 12.4. The van der Waals surface area contributed by atoms with Crippen LogP contribution in [0.25, 0.3) is 0 Å². The molecule has 0 bridgehead atoms. The predicted molar refractivity (Wildman–Crippen MR) is 107 cm³/mol. The molecule has 3 aromatic rings. The predicted octanol–water partition coefficient (Wildman–Crippen LogP) is 4.93. The van der Waals surface area contributed by atoms with Crippen LogP contribution in [0.1, 0.15) is 36.6 Å². The SMILES string of the molecule is CC(C)N1Cc2ccc(C(c3cccc(Cl)c3)n3ccnc3)cc2NC1=O. The van der Waals surface area contributed by atoms with E-state index in [0.717, 1.165) is 22.4 Å². The molecule has 0 radical (unpaired) electrons. The van der Waals surface area contributed by atoms with Gasteiger partial charge in [0.2, 0.25) is 0 Å². The third-order valence-corrected chi connectivity index (χ3v) is 5.14. The molecular weight excluding hydrogens is 360 g/mol. The van der Waals surface area contributed by atoms with Crippen LogP contribution in [0.4, 0.5) is 10.5 Å². The Hall–Kier alpha value is -2.79. The van der Waals surface area contributed by atoms with E-state index < -0.39 is 0 Å². The minimum atomic E-state index is -0.0727. The molecule has 0 saturated heterocycles. The van der Waals surface area contributed by atoms with Crippen molar-refractivity contribution in [3.8, 4) is 0 Å². The number of aromatic nitrogens is 2. The highest BCUT2D eigenvalue weighted by atomic mass is 35.5. The molecular formula is C21H21ClN4O. The molecule has 138 valence electrons. The summed E-state index contributed by atoms with van der Waals surface area (Å²) in [5.74, 6) is 0. The van der Waals surface area contributed by atoms with Crippen LogP contribution in [-0.4, -0.2) is 26.5 Å². The monoisotopic (exact) mass is 380 g/mol. The molecule has 0 fully saturated rings. The quantitative estimate of drug-likeness (QED) is 0.697. The Morgan fingerprint density at radius 3 is 2.67 bits per heavy atom. The number of fused-ring (bicyclic) bond motifs is 1. The van der Waals surface area contributed by atoms with Gasteiger partial charge < -0.3 is 14.8 Å². The van der Waals surface area contributed by atoms with Gasteiger partial charge in [0.15, 0.2) is 0 Å². The molecule has 2 amide bonds. The number of nitrogens with one attached hydrogen (secondary N) is 1. The van der Waals surface area contributed by atoms with E-state index in [1.165, 1.54) is 0 Å². The summed E-state index contributed by atoms with van der Waals surface area (Å²) in [4.78, 5) is 18.4. The highest BCUT2D eigenvalue weighted by molar-refractivity contribution is 6.30. The number of rotatable bonds is 4. The minimum Gasteiger partial charge on any atom is -0.326 e. The van der Waals surface area contributed by atoms with Gasteiger partial charge in [0.1, 0.15) is 0 Å². The zero-order valence-corrected chi connectivity index (χ0v) is 16.0. The van der Waals surface area contributed by atoms with Crippen molar-refractivity contribution in [1.82, 2.24) is 14.5 Å². The van der Waals surface area contributed by atoms with Crippen LogP contribution in [0, 0.1) is 0 Å². The minimum absolute atomic E-state index is 0.0587. The molecule has 1 atom stereocenters. The Morgan fingerprint density at radius 2 is 1.96 bits per heavy atom. The summed E-state index contributed by atoms with van der Waals surface area (Å²) in [5, 5.41) is 3.72. The van der Waals surface area contributed by atoms with Gasteiger partial charge in [-0.1, -0.05) is 35.9 Å². The van der Waals surface area contributed by atoms with Crippen LogP contribution >= 0.6 is 11.6 Å². The van der Waals surface area contributed by atoms with Crippen molar-refractivity contribution in [1.29, 1.82) is 0 Å². The van der Waals surface area contributed by atoms with Crippen molar-refractivity contribution in [2.24, 2.45) is 0 Å². The van der Waals surface area contributed by atoms with E-state index in [9.17, 15) is 4.79 Å². The molecule has 5 nitrogen and oxygen atoms in total. The van der Waals surface area contributed by atoms with Gasteiger partial charge in [0.05, 0.1) is 12.4 Å². The molecule has 0 saturated carbocycles. The summed E-state index contributed by atoms with van der Waals surface area (Å²) >= 11 is 6.23. The number of halogens is 1. The molecule has 2 heterocycles. The van der Waals surface area contributed by atoms with E-state index in [1.54, 1.807) is 12.5 Å². The van der Waals surface area contributed by atoms with Gasteiger partial charge in [0, 0.05) is 35.7 Å². The van der Waals surface area contributed by atoms with E-state index in [-0.39, 0.29) is 18.1 Å². The third-order valence-electron chi connectivity index (χ3n) is 4.90. The summed E-state index contributed by atoms with van der Waals surface area (Å²) in [6.45, 7) is 4.66. The fourth-order valence-corrected chi connectivity index (χ4v) is 3.71. The summed E-state index contributed by atoms with van der Waals surface area (Å²) in [6, 6.07) is 14.1. The Morgan fingerprint density at radius 1 is 1.15 bits per heavy atom. The fraction of sp³-hybridized carbons (Fsp3) is 0.238. The Labute approximate surface area is 163 Å². The van der Waals surface area contributed by atoms with Gasteiger partial charge >= 0.3 is 6.03 Å². The molecule has 1 aliphatic heterocycles. The molecule has 4 rings (SSSR count). The molecule has 1 aromatic heterocycles. The number of hydrogen-bond acceptors (Lipinski definition) is 2. The van der Waals surface area contributed by atoms with Crippen LogP contribution in [-0.2, 0) is 6.54 Å². The first-order chi connectivity index (χ1) is 13.0. The Bertz CT molecular complexity index is 968. The molecule has 6 heteroatoms. The molecule has 27 heavy (non-hydrogen) atoms. The van der Waals surface area contributed by atoms with Gasteiger partial charge in [-0.05, 0) is 48.7 Å². The largest absolute Gasteiger partial charge is 0.326 e. The first kappa shape index (κ1) is 17.6. The van der Waals surface area contributed by atoms with Crippen molar-refractivity contribution < 1.29 is 4.79 Å². The average Bonchev–Trinajstić information content (AvgIpc) is 3.15. The second-order valence-electron chi connectivity index (χ2n) is 7.04. The third kappa shape index (κ3) is 3.43. The van der Waals surface area contributed by atoms with Crippen LogP contribution in [0.3, 0.4) is 0 Å². The molecule has 0 aliphatic carbocycles. The van der Waals surface area contributed by atoms with E-state index in [1.807, 2.05) is 47.7 Å². The van der Waals surface area contributed by atoms with E-state index in [0.29, 0.717) is 11.6 Å². The number of anilines is 1. The van der Waals surface area contributed by atoms with Gasteiger partial charge in [-0.15, -0.1) is 0 Å². The normalized spacial score (nSPS) is 14.8. The summed E-state index contributed by atoms with van der Waals surface area (Å²) < 4.78 is 2.04. The zero-order valence-electron chi connectivity index (χ0n) is 15.3. The number of urea groups is 1. The summed E-state index contributed by atoms with van der Waals surface area (Å²) in [5.41, 5.74) is 4.10. The average molecular weight is 381 g/mol. The second kappa shape index (κ2) is 7.08. The highest BCUT2D eigenvalue weighted by Crippen LogP contribution is 2.33. The van der Waals surface area contributed by atoms with Crippen molar-refractivity contribution in [2.45, 2.75) is 32.5 Å². The lowest BCUT2D eigenvalue weighted by Crippen LogP contribution is -2.42. The van der Waals surface area contributed by atoms with Crippen molar-refractivity contribution in [3.63, 3.8) is 0 Å². The van der Waals surface area contributed by atoms with Gasteiger partial charge in [-0.25, -0.2) is 9.78 Å². The number of amides is 2.